The highest BCUT2D eigenvalue weighted by molar-refractivity contribution is 5.92. The molecule has 0 amide bonds. The third kappa shape index (κ3) is 2.79. The summed E-state index contributed by atoms with van der Waals surface area (Å²) in [6.07, 6.45) is 0.542. The number of hydrogen-bond acceptors (Lipinski definition) is 6. The molecule has 0 aliphatic rings. The van der Waals surface area contributed by atoms with Crippen molar-refractivity contribution in [3.63, 3.8) is 0 Å². The third-order valence-corrected chi connectivity index (χ3v) is 2.37. The van der Waals surface area contributed by atoms with Crippen molar-refractivity contribution < 1.29 is 19.1 Å². The molecule has 1 aromatic rings. The van der Waals surface area contributed by atoms with Crippen LogP contribution in [-0.4, -0.2) is 35.2 Å². The van der Waals surface area contributed by atoms with Crippen molar-refractivity contribution in [2.45, 2.75) is 26.8 Å². The Balaban J connectivity index is 3.06. The molecule has 100 valence electrons. The number of aryl methyl sites for hydroxylation is 1. The van der Waals surface area contributed by atoms with Crippen LogP contribution in [0.1, 0.15) is 30.2 Å². The Hall–Kier alpha value is -2.05. The number of carbonyl (C=O) groups is 2. The van der Waals surface area contributed by atoms with Crippen LogP contribution in [0.4, 0.5) is 5.82 Å². The van der Waals surface area contributed by atoms with E-state index in [0.717, 1.165) is 0 Å². The second-order valence-corrected chi connectivity index (χ2v) is 3.50. The first-order chi connectivity index (χ1) is 8.54. The molecule has 0 unspecified atom stereocenters. The van der Waals surface area contributed by atoms with Gasteiger partial charge in [0.2, 0.25) is 0 Å². The van der Waals surface area contributed by atoms with Crippen molar-refractivity contribution in [1.29, 1.82) is 0 Å². The number of rotatable bonds is 5. The monoisotopic (exact) mass is 255 g/mol. The average molecular weight is 255 g/mol. The highest BCUT2D eigenvalue weighted by Crippen LogP contribution is 2.16. The van der Waals surface area contributed by atoms with Gasteiger partial charge in [0.15, 0.2) is 5.69 Å². The van der Waals surface area contributed by atoms with Gasteiger partial charge in [-0.1, -0.05) is 6.92 Å². The smallest absolute Gasteiger partial charge is 0.360 e. The highest BCUT2D eigenvalue weighted by Gasteiger charge is 2.21. The fourth-order valence-corrected chi connectivity index (χ4v) is 1.54. The SMILES string of the molecule is CCOC(=O)Cn1c(CC)nc(C(=O)OC)c1N. The van der Waals surface area contributed by atoms with Gasteiger partial charge >= 0.3 is 11.9 Å². The van der Waals surface area contributed by atoms with E-state index in [-0.39, 0.29) is 18.1 Å². The van der Waals surface area contributed by atoms with E-state index < -0.39 is 11.9 Å². The molecule has 0 spiro atoms. The summed E-state index contributed by atoms with van der Waals surface area (Å²) in [5.74, 6) is -0.384. The van der Waals surface area contributed by atoms with Crippen molar-refractivity contribution in [3.8, 4) is 0 Å². The van der Waals surface area contributed by atoms with Crippen LogP contribution in [0.3, 0.4) is 0 Å². The van der Waals surface area contributed by atoms with E-state index >= 15 is 0 Å². The molecule has 0 radical (unpaired) electrons. The number of hydrogen-bond donors (Lipinski definition) is 1. The lowest BCUT2D eigenvalue weighted by atomic mass is 10.4. The van der Waals surface area contributed by atoms with E-state index in [4.69, 9.17) is 10.5 Å². The van der Waals surface area contributed by atoms with Crippen LogP contribution in [-0.2, 0) is 27.2 Å². The summed E-state index contributed by atoms with van der Waals surface area (Å²) >= 11 is 0. The maximum Gasteiger partial charge on any atom is 0.360 e. The second-order valence-electron chi connectivity index (χ2n) is 3.50. The molecule has 0 bridgehead atoms. The summed E-state index contributed by atoms with van der Waals surface area (Å²) in [7, 11) is 1.25. The van der Waals surface area contributed by atoms with Crippen molar-refractivity contribution in [2.24, 2.45) is 0 Å². The molecule has 0 aromatic carbocycles. The Morgan fingerprint density at radius 1 is 1.39 bits per heavy atom. The lowest BCUT2D eigenvalue weighted by Crippen LogP contribution is -2.17. The largest absolute Gasteiger partial charge is 0.465 e. The number of anilines is 1. The van der Waals surface area contributed by atoms with Crippen LogP contribution in [0.25, 0.3) is 0 Å². The topological polar surface area (TPSA) is 96.4 Å². The molecule has 0 aliphatic carbocycles. The second kappa shape index (κ2) is 6.04. The van der Waals surface area contributed by atoms with Gasteiger partial charge in [0.05, 0.1) is 13.7 Å². The maximum absolute atomic E-state index is 11.4. The zero-order valence-electron chi connectivity index (χ0n) is 10.7. The number of imidazole rings is 1. The lowest BCUT2D eigenvalue weighted by Gasteiger charge is -2.07. The number of nitrogens with zero attached hydrogens (tertiary/aromatic N) is 2. The Bertz CT molecular complexity index is 453. The fourth-order valence-electron chi connectivity index (χ4n) is 1.54. The Labute approximate surface area is 105 Å². The summed E-state index contributed by atoms with van der Waals surface area (Å²) < 4.78 is 10.9. The number of esters is 2. The molecule has 1 aromatic heterocycles. The van der Waals surface area contributed by atoms with Crippen LogP contribution < -0.4 is 5.73 Å². The normalized spacial score (nSPS) is 10.2. The Morgan fingerprint density at radius 3 is 2.56 bits per heavy atom. The lowest BCUT2D eigenvalue weighted by molar-refractivity contribution is -0.143. The van der Waals surface area contributed by atoms with Gasteiger partial charge in [-0.2, -0.15) is 0 Å². The summed E-state index contributed by atoms with van der Waals surface area (Å²) in [5, 5.41) is 0. The number of carbonyl (C=O) groups excluding carboxylic acids is 2. The van der Waals surface area contributed by atoms with E-state index in [0.29, 0.717) is 18.9 Å². The number of nitrogen functional groups attached to an aromatic ring is 1. The van der Waals surface area contributed by atoms with E-state index in [1.807, 2.05) is 6.92 Å². The van der Waals surface area contributed by atoms with Gasteiger partial charge in [-0.3, -0.25) is 4.79 Å². The number of methoxy groups -OCH3 is 1. The predicted molar refractivity (Wildman–Crippen MR) is 64.0 cm³/mol. The van der Waals surface area contributed by atoms with Gasteiger partial charge in [-0.15, -0.1) is 0 Å². The van der Waals surface area contributed by atoms with Crippen molar-refractivity contribution in [3.05, 3.63) is 11.5 Å². The van der Waals surface area contributed by atoms with E-state index in [9.17, 15) is 9.59 Å². The zero-order chi connectivity index (χ0) is 13.7. The van der Waals surface area contributed by atoms with Crippen LogP contribution in [0.15, 0.2) is 0 Å². The first kappa shape index (κ1) is 14.0. The molecular formula is C11H17N3O4. The van der Waals surface area contributed by atoms with Crippen LogP contribution >= 0.6 is 0 Å². The van der Waals surface area contributed by atoms with Gasteiger partial charge in [0.1, 0.15) is 18.2 Å². The first-order valence-corrected chi connectivity index (χ1v) is 5.63. The molecule has 1 rings (SSSR count). The minimum Gasteiger partial charge on any atom is -0.465 e. The third-order valence-electron chi connectivity index (χ3n) is 2.37. The number of aromatic nitrogens is 2. The zero-order valence-corrected chi connectivity index (χ0v) is 10.7. The number of nitrogens with two attached hydrogens (primary N) is 1. The minimum atomic E-state index is -0.621. The molecule has 7 heteroatoms. The molecule has 0 saturated heterocycles. The standard InChI is InChI=1S/C11H17N3O4/c1-4-7-13-9(11(16)17-3)10(12)14(7)6-8(15)18-5-2/h4-6,12H2,1-3H3. The molecule has 0 atom stereocenters. The Kier molecular flexibility index (Phi) is 4.70. The highest BCUT2D eigenvalue weighted by atomic mass is 16.5. The van der Waals surface area contributed by atoms with Crippen molar-refractivity contribution in [2.75, 3.05) is 19.5 Å². The number of ether oxygens (including phenoxy) is 2. The van der Waals surface area contributed by atoms with E-state index in [2.05, 4.69) is 9.72 Å². The minimum absolute atomic E-state index is 0.0265. The Morgan fingerprint density at radius 2 is 2.06 bits per heavy atom. The molecule has 2 N–H and O–H groups in total. The first-order valence-electron chi connectivity index (χ1n) is 5.63. The van der Waals surface area contributed by atoms with E-state index in [1.165, 1.54) is 11.7 Å². The van der Waals surface area contributed by atoms with Crippen LogP contribution in [0, 0.1) is 0 Å². The van der Waals surface area contributed by atoms with Crippen LogP contribution in [0.5, 0.6) is 0 Å². The van der Waals surface area contributed by atoms with Gasteiger partial charge in [-0.05, 0) is 6.92 Å². The fraction of sp³-hybridized carbons (Fsp3) is 0.545. The van der Waals surface area contributed by atoms with Gasteiger partial charge < -0.3 is 19.8 Å². The van der Waals surface area contributed by atoms with Gasteiger partial charge in [0.25, 0.3) is 0 Å². The maximum atomic E-state index is 11.4. The van der Waals surface area contributed by atoms with Gasteiger partial charge in [-0.25, -0.2) is 9.78 Å². The predicted octanol–water partition coefficient (Wildman–Crippen LogP) is 0.377. The molecule has 0 fully saturated rings. The van der Waals surface area contributed by atoms with Crippen molar-refractivity contribution in [1.82, 2.24) is 9.55 Å². The van der Waals surface area contributed by atoms with Crippen molar-refractivity contribution >= 4 is 17.8 Å². The molecule has 18 heavy (non-hydrogen) atoms. The average Bonchev–Trinajstić information content (AvgIpc) is 2.66. The van der Waals surface area contributed by atoms with Crippen LogP contribution in [0.2, 0.25) is 0 Å². The molecule has 0 saturated carbocycles. The molecule has 1 heterocycles. The summed E-state index contributed by atoms with van der Waals surface area (Å²) in [6.45, 7) is 3.80. The van der Waals surface area contributed by atoms with E-state index in [1.54, 1.807) is 6.92 Å². The molecule has 0 aliphatic heterocycles. The summed E-state index contributed by atoms with van der Waals surface area (Å²) in [6, 6.07) is 0. The summed E-state index contributed by atoms with van der Waals surface area (Å²) in [4.78, 5) is 26.9. The molecular weight excluding hydrogens is 238 g/mol. The molecule has 7 nitrogen and oxygen atoms in total. The summed E-state index contributed by atoms with van der Waals surface area (Å²) in [5.41, 5.74) is 5.82. The van der Waals surface area contributed by atoms with Gasteiger partial charge in [0, 0.05) is 6.42 Å². The quantitative estimate of drug-likeness (QED) is 0.764.